The van der Waals surface area contributed by atoms with Gasteiger partial charge in [0, 0.05) is 32.4 Å². The summed E-state index contributed by atoms with van der Waals surface area (Å²) in [5.41, 5.74) is 4.85. The largest absolute Gasteiger partial charge is 0.362 e. The third-order valence-corrected chi connectivity index (χ3v) is 12.2. The Morgan fingerprint density at radius 1 is 1.11 bits per heavy atom. The van der Waals surface area contributed by atoms with E-state index in [2.05, 4.69) is 44.7 Å². The highest BCUT2D eigenvalue weighted by atomic mass is 16.5. The smallest absolute Gasteiger partial charge is 0.133 e. The first-order valence-electron chi connectivity index (χ1n) is 15.0. The molecule has 0 aromatic heterocycles. The fourth-order valence-corrected chi connectivity index (χ4v) is 10.3. The standard InChI is InChI=1S/C32H50N2O2/c1-21-20-32(22(2)29-31(4,36-32)12-7-15-34(29)17-16-33(5)6)14-11-25-26-9-8-23-18-24(35)10-13-30(23,3)28(26)19-27(21)25/h23,25-26,28-29H,2,7-20H2,1,3-6H3/t23-,25+,26?,28+,29+,30+,31?,32+/m1/s1. The van der Waals surface area contributed by atoms with E-state index in [9.17, 15) is 4.79 Å². The lowest BCUT2D eigenvalue weighted by molar-refractivity contribution is -0.130. The molecule has 0 radical (unpaired) electrons. The van der Waals surface area contributed by atoms with Gasteiger partial charge < -0.3 is 9.64 Å². The number of likely N-dealkylation sites (N-methyl/N-ethyl adjacent to an activating group) is 1. The third-order valence-electron chi connectivity index (χ3n) is 12.2. The summed E-state index contributed by atoms with van der Waals surface area (Å²) >= 11 is 0. The summed E-state index contributed by atoms with van der Waals surface area (Å²) in [5.74, 6) is 3.46. The number of ketones is 1. The van der Waals surface area contributed by atoms with Crippen LogP contribution < -0.4 is 0 Å². The van der Waals surface area contributed by atoms with E-state index in [4.69, 9.17) is 11.3 Å². The van der Waals surface area contributed by atoms with Crippen molar-refractivity contribution >= 4 is 5.78 Å². The average molecular weight is 495 g/mol. The van der Waals surface area contributed by atoms with Crippen LogP contribution >= 0.6 is 0 Å². The summed E-state index contributed by atoms with van der Waals surface area (Å²) in [6, 6.07) is 0.351. The van der Waals surface area contributed by atoms with Crippen LogP contribution in [-0.4, -0.2) is 66.6 Å². The van der Waals surface area contributed by atoms with E-state index < -0.39 is 0 Å². The lowest BCUT2D eigenvalue weighted by Crippen LogP contribution is -2.54. The summed E-state index contributed by atoms with van der Waals surface area (Å²) in [7, 11) is 4.35. The van der Waals surface area contributed by atoms with Crippen LogP contribution in [0.15, 0.2) is 23.3 Å². The number of fused-ring (bicyclic) bond motifs is 6. The van der Waals surface area contributed by atoms with Crippen LogP contribution in [0.5, 0.6) is 0 Å². The number of carbonyl (C=O) groups is 1. The van der Waals surface area contributed by atoms with Crippen LogP contribution in [0.2, 0.25) is 0 Å². The third kappa shape index (κ3) is 3.75. The zero-order chi connectivity index (χ0) is 25.5. The van der Waals surface area contributed by atoms with Gasteiger partial charge in [-0.05, 0) is 121 Å². The molecule has 2 unspecified atom stereocenters. The van der Waals surface area contributed by atoms with Gasteiger partial charge in [0.2, 0.25) is 0 Å². The molecule has 2 aliphatic heterocycles. The molecule has 0 aromatic carbocycles. The topological polar surface area (TPSA) is 32.8 Å². The molecule has 8 atom stereocenters. The summed E-state index contributed by atoms with van der Waals surface area (Å²) in [5, 5.41) is 0. The Bertz CT molecular complexity index is 969. The molecule has 2 heterocycles. The first-order chi connectivity index (χ1) is 17.1. The molecule has 0 bridgehead atoms. The van der Waals surface area contributed by atoms with E-state index in [0.717, 1.165) is 69.4 Å². The normalized spacial score (nSPS) is 47.1. The van der Waals surface area contributed by atoms with E-state index in [1.54, 1.807) is 11.1 Å². The molecule has 4 aliphatic carbocycles. The highest BCUT2D eigenvalue weighted by Crippen LogP contribution is 2.65. The lowest BCUT2D eigenvalue weighted by atomic mass is 9.52. The van der Waals surface area contributed by atoms with Gasteiger partial charge in [0.15, 0.2) is 0 Å². The number of ether oxygens (including phenoxy) is 1. The highest BCUT2D eigenvalue weighted by molar-refractivity contribution is 5.79. The molecule has 200 valence electrons. The number of likely N-dealkylation sites (tertiary alicyclic amines) is 1. The summed E-state index contributed by atoms with van der Waals surface area (Å²) in [6.07, 6.45) is 12.5. The second-order valence-corrected chi connectivity index (χ2v) is 14.4. The van der Waals surface area contributed by atoms with Crippen molar-refractivity contribution in [2.75, 3.05) is 33.7 Å². The summed E-state index contributed by atoms with van der Waals surface area (Å²) < 4.78 is 7.27. The maximum atomic E-state index is 12.3. The number of hydrogen-bond donors (Lipinski definition) is 0. The van der Waals surface area contributed by atoms with Gasteiger partial charge in [-0.3, -0.25) is 9.69 Å². The predicted octanol–water partition coefficient (Wildman–Crippen LogP) is 6.02. The quantitative estimate of drug-likeness (QED) is 0.449. The van der Waals surface area contributed by atoms with Gasteiger partial charge in [-0.2, -0.15) is 0 Å². The van der Waals surface area contributed by atoms with Gasteiger partial charge in [0.05, 0.1) is 17.2 Å². The van der Waals surface area contributed by atoms with E-state index in [-0.39, 0.29) is 11.2 Å². The van der Waals surface area contributed by atoms with E-state index in [1.165, 1.54) is 44.2 Å². The molecule has 6 rings (SSSR count). The molecule has 4 nitrogen and oxygen atoms in total. The van der Waals surface area contributed by atoms with Crippen molar-refractivity contribution < 1.29 is 9.53 Å². The van der Waals surface area contributed by atoms with Crippen molar-refractivity contribution in [1.82, 2.24) is 9.80 Å². The van der Waals surface area contributed by atoms with Crippen LogP contribution in [0.1, 0.15) is 91.4 Å². The number of Topliss-reactive ketones (excluding diaryl/α,β-unsaturated/α-hetero) is 1. The van der Waals surface area contributed by atoms with Crippen molar-refractivity contribution in [3.8, 4) is 0 Å². The van der Waals surface area contributed by atoms with Crippen molar-refractivity contribution in [3.63, 3.8) is 0 Å². The number of rotatable bonds is 3. The van der Waals surface area contributed by atoms with E-state index in [1.807, 2.05) is 0 Å². The number of allylic oxidation sites excluding steroid dienone is 1. The predicted molar refractivity (Wildman–Crippen MR) is 146 cm³/mol. The minimum absolute atomic E-state index is 0.102. The molecule has 0 amide bonds. The van der Waals surface area contributed by atoms with Gasteiger partial charge in [-0.15, -0.1) is 0 Å². The molecule has 0 N–H and O–H groups in total. The zero-order valence-electron chi connectivity index (χ0n) is 23.7. The van der Waals surface area contributed by atoms with Crippen LogP contribution in [0.4, 0.5) is 0 Å². The minimum Gasteiger partial charge on any atom is -0.362 e. The monoisotopic (exact) mass is 494 g/mol. The van der Waals surface area contributed by atoms with E-state index in [0.29, 0.717) is 23.2 Å². The fraction of sp³-hybridized carbons (Fsp3) is 0.844. The SMILES string of the molecule is C=C1[C@@H]2N(CCN(C)C)CCCC2(C)O[C@]12CC[C@@H]1C(=C(C)C2)C[C@H]2C1CC[C@@H]1CC(=O)CC[C@@]12C. The number of piperidine rings is 1. The van der Waals surface area contributed by atoms with Crippen molar-refractivity contribution in [3.05, 3.63) is 23.3 Å². The Kier molecular flexibility index (Phi) is 6.17. The highest BCUT2D eigenvalue weighted by Gasteiger charge is 2.61. The number of hydrogen-bond acceptors (Lipinski definition) is 4. The number of carbonyl (C=O) groups excluding carboxylic acids is 1. The summed E-state index contributed by atoms with van der Waals surface area (Å²) in [6.45, 7) is 15.6. The first-order valence-corrected chi connectivity index (χ1v) is 15.0. The Balaban J connectivity index is 1.27. The lowest BCUT2D eigenvalue weighted by Gasteiger charge is -2.52. The molecular weight excluding hydrogens is 444 g/mol. The molecule has 3 saturated carbocycles. The second-order valence-electron chi connectivity index (χ2n) is 14.4. The molecule has 5 fully saturated rings. The molecular formula is C32H50N2O2. The van der Waals surface area contributed by atoms with Crippen molar-refractivity contribution in [2.24, 2.45) is 29.1 Å². The van der Waals surface area contributed by atoms with Crippen molar-refractivity contribution in [1.29, 1.82) is 0 Å². The Morgan fingerprint density at radius 3 is 2.69 bits per heavy atom. The molecule has 1 spiro atoms. The van der Waals surface area contributed by atoms with Gasteiger partial charge in [0.1, 0.15) is 5.78 Å². The van der Waals surface area contributed by atoms with Crippen LogP contribution in [0.25, 0.3) is 0 Å². The molecule has 36 heavy (non-hydrogen) atoms. The van der Waals surface area contributed by atoms with Gasteiger partial charge in [-0.25, -0.2) is 0 Å². The maximum Gasteiger partial charge on any atom is 0.133 e. The molecule has 0 aromatic rings. The van der Waals surface area contributed by atoms with Crippen LogP contribution in [0.3, 0.4) is 0 Å². The van der Waals surface area contributed by atoms with Crippen LogP contribution in [0, 0.1) is 29.1 Å². The van der Waals surface area contributed by atoms with E-state index >= 15 is 0 Å². The van der Waals surface area contributed by atoms with Gasteiger partial charge >= 0.3 is 0 Å². The Morgan fingerprint density at radius 2 is 1.92 bits per heavy atom. The minimum atomic E-state index is -0.185. The van der Waals surface area contributed by atoms with Gasteiger partial charge in [0.25, 0.3) is 0 Å². The van der Waals surface area contributed by atoms with Gasteiger partial charge in [-0.1, -0.05) is 24.6 Å². The average Bonchev–Trinajstić information content (AvgIpc) is 3.26. The summed E-state index contributed by atoms with van der Waals surface area (Å²) in [4.78, 5) is 17.3. The molecule has 2 saturated heterocycles. The molecule has 6 aliphatic rings. The van der Waals surface area contributed by atoms with Crippen molar-refractivity contribution in [2.45, 2.75) is 109 Å². The number of nitrogens with zero attached hydrogens (tertiary/aromatic N) is 2. The maximum absolute atomic E-state index is 12.3. The Hall–Kier alpha value is -0.970. The zero-order valence-corrected chi connectivity index (χ0v) is 23.7. The first kappa shape index (κ1) is 25.3. The second kappa shape index (κ2) is 8.78. The fourth-order valence-electron chi connectivity index (χ4n) is 10.3. The van der Waals surface area contributed by atoms with Crippen LogP contribution in [-0.2, 0) is 9.53 Å². The molecule has 4 heteroatoms. The Labute approximate surface area is 219 Å².